The first kappa shape index (κ1) is 13.7. The highest BCUT2D eigenvalue weighted by molar-refractivity contribution is 7.22. The van der Waals surface area contributed by atoms with Crippen molar-refractivity contribution in [2.75, 3.05) is 18.9 Å². The van der Waals surface area contributed by atoms with Gasteiger partial charge in [0, 0.05) is 5.56 Å². The number of nitrogens with one attached hydrogen (secondary N) is 1. The first-order chi connectivity index (χ1) is 8.97. The third-order valence-corrected chi connectivity index (χ3v) is 3.63. The molecule has 6 nitrogen and oxygen atoms in total. The topological polar surface area (TPSA) is 108 Å². The van der Waals surface area contributed by atoms with Gasteiger partial charge in [-0.25, -0.2) is 4.98 Å². The van der Waals surface area contributed by atoms with Crippen molar-refractivity contribution in [3.05, 3.63) is 23.8 Å². The summed E-state index contributed by atoms with van der Waals surface area (Å²) in [5, 5.41) is 21.4. The molecule has 19 heavy (non-hydrogen) atoms. The molecule has 1 amide bonds. The van der Waals surface area contributed by atoms with Crippen molar-refractivity contribution in [1.29, 1.82) is 0 Å². The number of carbonyl (C=O) groups excluding carboxylic acids is 1. The molecule has 1 heterocycles. The summed E-state index contributed by atoms with van der Waals surface area (Å²) >= 11 is 1.30. The third-order valence-electron chi connectivity index (χ3n) is 2.78. The summed E-state index contributed by atoms with van der Waals surface area (Å²) < 4.78 is 0.819. The lowest BCUT2D eigenvalue weighted by molar-refractivity contribution is 0.0724. The maximum Gasteiger partial charge on any atom is 0.251 e. The Bertz CT molecular complexity index is 607. The number of benzene rings is 1. The maximum absolute atomic E-state index is 12.0. The van der Waals surface area contributed by atoms with Gasteiger partial charge in [-0.2, -0.15) is 0 Å². The molecule has 0 aliphatic rings. The van der Waals surface area contributed by atoms with Crippen LogP contribution in [0.15, 0.2) is 18.2 Å². The predicted octanol–water partition coefficient (Wildman–Crippen LogP) is 0.352. The Morgan fingerprint density at radius 3 is 2.79 bits per heavy atom. The molecule has 5 N–H and O–H groups in total. The van der Waals surface area contributed by atoms with Gasteiger partial charge >= 0.3 is 0 Å². The summed E-state index contributed by atoms with van der Waals surface area (Å²) in [6.45, 7) is 0.879. The Morgan fingerprint density at radius 2 is 2.16 bits per heavy atom. The second kappa shape index (κ2) is 5.12. The van der Waals surface area contributed by atoms with E-state index in [4.69, 9.17) is 15.9 Å². The molecule has 0 saturated carbocycles. The molecule has 0 unspecified atom stereocenters. The van der Waals surface area contributed by atoms with Crippen molar-refractivity contribution in [2.45, 2.75) is 12.5 Å². The maximum atomic E-state index is 12.0. The molecule has 102 valence electrons. The minimum absolute atomic E-state index is 0.342. The highest BCUT2D eigenvalue weighted by Crippen LogP contribution is 2.24. The molecule has 0 saturated heterocycles. The van der Waals surface area contributed by atoms with Crippen LogP contribution in [0.5, 0.6) is 0 Å². The molecule has 7 heteroatoms. The molecule has 2 rings (SSSR count). The average Bonchev–Trinajstić information content (AvgIpc) is 2.77. The SMILES string of the molecule is CC(CO)(CO)NC(=O)c1ccc2nc(N)sc2c1. The van der Waals surface area contributed by atoms with Gasteiger partial charge in [-0.15, -0.1) is 0 Å². The number of nitrogens with two attached hydrogens (primary N) is 1. The second-order valence-corrected chi connectivity index (χ2v) is 5.63. The van der Waals surface area contributed by atoms with E-state index in [1.54, 1.807) is 25.1 Å². The highest BCUT2D eigenvalue weighted by atomic mass is 32.1. The summed E-state index contributed by atoms with van der Waals surface area (Å²) in [7, 11) is 0. The summed E-state index contributed by atoms with van der Waals surface area (Å²) in [6, 6.07) is 5.03. The van der Waals surface area contributed by atoms with E-state index >= 15 is 0 Å². The van der Waals surface area contributed by atoms with Crippen molar-refractivity contribution in [3.63, 3.8) is 0 Å². The van der Waals surface area contributed by atoms with Crippen LogP contribution in [0.4, 0.5) is 5.13 Å². The standard InChI is InChI=1S/C12H15N3O3S/c1-12(5-16,6-17)15-10(18)7-2-3-8-9(4-7)19-11(13)14-8/h2-4,16-17H,5-6H2,1H3,(H2,13,14)(H,15,18). The molecule has 0 aliphatic carbocycles. The second-order valence-electron chi connectivity index (χ2n) is 4.57. The number of nitrogens with zero attached hydrogens (tertiary/aromatic N) is 1. The smallest absolute Gasteiger partial charge is 0.251 e. The monoisotopic (exact) mass is 281 g/mol. The van der Waals surface area contributed by atoms with Crippen LogP contribution in [0.2, 0.25) is 0 Å². The van der Waals surface area contributed by atoms with Crippen LogP contribution >= 0.6 is 11.3 Å². The molecule has 0 spiro atoms. The summed E-state index contributed by atoms with van der Waals surface area (Å²) in [4.78, 5) is 16.2. The molecule has 1 aromatic carbocycles. The highest BCUT2D eigenvalue weighted by Gasteiger charge is 2.25. The van der Waals surface area contributed by atoms with Crippen LogP contribution in [0.1, 0.15) is 17.3 Å². The van der Waals surface area contributed by atoms with Gasteiger partial charge in [0.25, 0.3) is 5.91 Å². The van der Waals surface area contributed by atoms with Crippen LogP contribution < -0.4 is 11.1 Å². The summed E-state index contributed by atoms with van der Waals surface area (Å²) in [5.41, 5.74) is 5.74. The van der Waals surface area contributed by atoms with Gasteiger partial charge in [-0.1, -0.05) is 11.3 Å². The number of anilines is 1. The number of aliphatic hydroxyl groups excluding tert-OH is 2. The zero-order chi connectivity index (χ0) is 14.0. The van der Waals surface area contributed by atoms with Crippen LogP contribution in [0, 0.1) is 0 Å². The minimum Gasteiger partial charge on any atom is -0.394 e. The van der Waals surface area contributed by atoms with Gasteiger partial charge in [-0.3, -0.25) is 4.79 Å². The van der Waals surface area contributed by atoms with Crippen molar-refractivity contribution in [1.82, 2.24) is 10.3 Å². The van der Waals surface area contributed by atoms with Gasteiger partial charge in [0.1, 0.15) is 0 Å². The Labute approximate surface area is 113 Å². The summed E-state index contributed by atoms with van der Waals surface area (Å²) in [6.07, 6.45) is 0. The zero-order valence-electron chi connectivity index (χ0n) is 10.4. The van der Waals surface area contributed by atoms with Crippen molar-refractivity contribution < 1.29 is 15.0 Å². The van der Waals surface area contributed by atoms with Gasteiger partial charge in [0.05, 0.1) is 29.0 Å². The van der Waals surface area contributed by atoms with E-state index in [2.05, 4.69) is 10.3 Å². The molecule has 0 bridgehead atoms. The van der Waals surface area contributed by atoms with Crippen LogP contribution in [-0.2, 0) is 0 Å². The van der Waals surface area contributed by atoms with E-state index in [1.165, 1.54) is 11.3 Å². The Morgan fingerprint density at radius 1 is 1.47 bits per heavy atom. The van der Waals surface area contributed by atoms with E-state index in [0.717, 1.165) is 10.2 Å². The van der Waals surface area contributed by atoms with E-state index < -0.39 is 5.54 Å². The lowest BCUT2D eigenvalue weighted by atomic mass is 10.0. The zero-order valence-corrected chi connectivity index (χ0v) is 11.2. The normalized spacial score (nSPS) is 11.7. The lowest BCUT2D eigenvalue weighted by Gasteiger charge is -2.26. The number of hydrogen-bond donors (Lipinski definition) is 4. The predicted molar refractivity (Wildman–Crippen MR) is 74.1 cm³/mol. The molecule has 0 radical (unpaired) electrons. The van der Waals surface area contributed by atoms with Gasteiger partial charge in [-0.05, 0) is 25.1 Å². The number of hydrogen-bond acceptors (Lipinski definition) is 6. The Kier molecular flexibility index (Phi) is 3.70. The van der Waals surface area contributed by atoms with Gasteiger partial charge < -0.3 is 21.3 Å². The van der Waals surface area contributed by atoms with Gasteiger partial charge in [0.15, 0.2) is 5.13 Å². The van der Waals surface area contributed by atoms with E-state index in [9.17, 15) is 4.79 Å². The number of nitrogen functional groups attached to an aromatic ring is 1. The quantitative estimate of drug-likeness (QED) is 0.646. The number of fused-ring (bicyclic) bond motifs is 1. The lowest BCUT2D eigenvalue weighted by Crippen LogP contribution is -2.51. The fraction of sp³-hybridized carbons (Fsp3) is 0.333. The van der Waals surface area contributed by atoms with Crippen LogP contribution in [-0.4, -0.2) is 39.9 Å². The minimum atomic E-state index is -1.04. The first-order valence-corrected chi connectivity index (χ1v) is 6.49. The van der Waals surface area contributed by atoms with Crippen molar-refractivity contribution in [3.8, 4) is 0 Å². The van der Waals surface area contributed by atoms with Crippen LogP contribution in [0.25, 0.3) is 10.2 Å². The van der Waals surface area contributed by atoms with Crippen molar-refractivity contribution >= 4 is 32.6 Å². The fourth-order valence-electron chi connectivity index (χ4n) is 1.56. The first-order valence-electron chi connectivity index (χ1n) is 5.68. The molecule has 2 aromatic rings. The number of amides is 1. The molecule has 1 aromatic heterocycles. The number of carbonyl (C=O) groups is 1. The van der Waals surface area contributed by atoms with E-state index in [0.29, 0.717) is 10.7 Å². The number of aliphatic hydroxyl groups is 2. The van der Waals surface area contributed by atoms with Crippen LogP contribution in [0.3, 0.4) is 0 Å². The van der Waals surface area contributed by atoms with E-state index in [-0.39, 0.29) is 19.1 Å². The molecule has 0 fully saturated rings. The number of aromatic nitrogens is 1. The van der Waals surface area contributed by atoms with Gasteiger partial charge in [0.2, 0.25) is 0 Å². The Balaban J connectivity index is 2.26. The Hall–Kier alpha value is -1.70. The summed E-state index contributed by atoms with van der Waals surface area (Å²) in [5.74, 6) is -0.362. The average molecular weight is 281 g/mol. The molecular formula is C12H15N3O3S. The van der Waals surface area contributed by atoms with E-state index in [1.807, 2.05) is 0 Å². The molecule has 0 aliphatic heterocycles. The largest absolute Gasteiger partial charge is 0.394 e. The molecular weight excluding hydrogens is 266 g/mol. The third kappa shape index (κ3) is 2.83. The fourth-order valence-corrected chi connectivity index (χ4v) is 2.33. The number of thiazole rings is 1. The number of rotatable bonds is 4. The van der Waals surface area contributed by atoms with Crippen molar-refractivity contribution in [2.24, 2.45) is 0 Å². The molecule has 0 atom stereocenters.